The second kappa shape index (κ2) is 5.84. The van der Waals surface area contributed by atoms with Gasteiger partial charge in [0, 0.05) is 16.5 Å². The summed E-state index contributed by atoms with van der Waals surface area (Å²) in [7, 11) is 0. The van der Waals surface area contributed by atoms with Crippen molar-refractivity contribution >= 4 is 22.0 Å². The topological polar surface area (TPSA) is 56.3 Å². The van der Waals surface area contributed by atoms with Gasteiger partial charge in [0.25, 0.3) is 0 Å². The largest absolute Gasteiger partial charge is 0.456 e. The van der Waals surface area contributed by atoms with Gasteiger partial charge in [-0.05, 0) is 24.3 Å². The Morgan fingerprint density at radius 3 is 2.58 bits per heavy atom. The standard InChI is InChI=1S/C14H12BrNO3/c1-2-12(16(17)18)9-13-7-8-14(19-13)10-3-5-11(15)6-4-10/h3-9H,2H2,1H3/b12-9-. The maximum absolute atomic E-state index is 10.7. The number of benzene rings is 1. The molecule has 1 aromatic heterocycles. The maximum atomic E-state index is 10.7. The van der Waals surface area contributed by atoms with Crippen molar-refractivity contribution in [3.05, 3.63) is 62.4 Å². The molecule has 1 heterocycles. The predicted molar refractivity (Wildman–Crippen MR) is 77.1 cm³/mol. The zero-order chi connectivity index (χ0) is 13.8. The molecule has 0 atom stereocenters. The lowest BCUT2D eigenvalue weighted by molar-refractivity contribution is -0.425. The normalized spacial score (nSPS) is 11.6. The first kappa shape index (κ1) is 13.5. The number of halogens is 1. The Morgan fingerprint density at radius 2 is 2.00 bits per heavy atom. The molecule has 0 spiro atoms. The summed E-state index contributed by atoms with van der Waals surface area (Å²) in [4.78, 5) is 10.4. The summed E-state index contributed by atoms with van der Waals surface area (Å²) in [6, 6.07) is 11.2. The third-order valence-electron chi connectivity index (χ3n) is 2.66. The predicted octanol–water partition coefficient (Wildman–Crippen LogP) is 4.74. The quantitative estimate of drug-likeness (QED) is 0.603. The Balaban J connectivity index is 2.29. The maximum Gasteiger partial charge on any atom is 0.249 e. The van der Waals surface area contributed by atoms with Crippen LogP contribution < -0.4 is 0 Å². The lowest BCUT2D eigenvalue weighted by atomic mass is 10.2. The fourth-order valence-corrected chi connectivity index (χ4v) is 1.91. The first-order valence-electron chi connectivity index (χ1n) is 5.81. The van der Waals surface area contributed by atoms with Gasteiger partial charge >= 0.3 is 0 Å². The summed E-state index contributed by atoms with van der Waals surface area (Å²) in [5.74, 6) is 1.18. The van der Waals surface area contributed by atoms with E-state index in [2.05, 4.69) is 15.9 Å². The Bertz CT molecular complexity index is 614. The molecule has 0 bridgehead atoms. The van der Waals surface area contributed by atoms with Crippen LogP contribution in [0.1, 0.15) is 19.1 Å². The van der Waals surface area contributed by atoms with Crippen molar-refractivity contribution in [1.82, 2.24) is 0 Å². The molecule has 2 aromatic rings. The number of furan rings is 1. The number of rotatable bonds is 4. The van der Waals surface area contributed by atoms with Crippen LogP contribution in [0.5, 0.6) is 0 Å². The van der Waals surface area contributed by atoms with E-state index >= 15 is 0 Å². The van der Waals surface area contributed by atoms with Crippen molar-refractivity contribution in [2.24, 2.45) is 0 Å². The van der Waals surface area contributed by atoms with Gasteiger partial charge in [-0.1, -0.05) is 35.0 Å². The molecule has 4 nitrogen and oxygen atoms in total. The molecule has 0 radical (unpaired) electrons. The Labute approximate surface area is 119 Å². The van der Waals surface area contributed by atoms with Crippen molar-refractivity contribution in [3.8, 4) is 11.3 Å². The third-order valence-corrected chi connectivity index (χ3v) is 3.19. The second-order valence-electron chi connectivity index (χ2n) is 3.96. The molecule has 0 aliphatic heterocycles. The molecular weight excluding hydrogens is 310 g/mol. The van der Waals surface area contributed by atoms with Crippen LogP contribution in [-0.4, -0.2) is 4.92 Å². The molecule has 98 valence electrons. The van der Waals surface area contributed by atoms with E-state index in [1.807, 2.05) is 30.3 Å². The lowest BCUT2D eigenvalue weighted by Crippen LogP contribution is -1.95. The summed E-state index contributed by atoms with van der Waals surface area (Å²) < 4.78 is 6.59. The molecule has 0 aliphatic rings. The van der Waals surface area contributed by atoms with E-state index < -0.39 is 0 Å². The van der Waals surface area contributed by atoms with Gasteiger partial charge in [-0.3, -0.25) is 10.1 Å². The zero-order valence-corrected chi connectivity index (χ0v) is 11.9. The minimum atomic E-state index is -0.387. The summed E-state index contributed by atoms with van der Waals surface area (Å²) in [5, 5.41) is 10.7. The van der Waals surface area contributed by atoms with E-state index in [-0.39, 0.29) is 10.6 Å². The third kappa shape index (κ3) is 3.32. The van der Waals surface area contributed by atoms with Crippen LogP contribution in [0, 0.1) is 10.1 Å². The molecule has 0 fully saturated rings. The Hall–Kier alpha value is -1.88. The fourth-order valence-electron chi connectivity index (χ4n) is 1.65. The fraction of sp³-hybridized carbons (Fsp3) is 0.143. The van der Waals surface area contributed by atoms with Crippen molar-refractivity contribution in [2.45, 2.75) is 13.3 Å². The minimum Gasteiger partial charge on any atom is -0.456 e. The van der Waals surface area contributed by atoms with Crippen LogP contribution in [0.15, 0.2) is 51.0 Å². The highest BCUT2D eigenvalue weighted by Gasteiger charge is 2.10. The van der Waals surface area contributed by atoms with Gasteiger partial charge in [-0.15, -0.1) is 0 Å². The highest BCUT2D eigenvalue weighted by molar-refractivity contribution is 9.10. The van der Waals surface area contributed by atoms with E-state index in [9.17, 15) is 10.1 Å². The first-order chi connectivity index (χ1) is 9.10. The van der Waals surface area contributed by atoms with Crippen molar-refractivity contribution in [2.75, 3.05) is 0 Å². The van der Waals surface area contributed by atoms with Crippen molar-refractivity contribution < 1.29 is 9.34 Å². The molecule has 0 saturated carbocycles. The van der Waals surface area contributed by atoms with E-state index in [0.717, 1.165) is 10.0 Å². The highest BCUT2D eigenvalue weighted by Crippen LogP contribution is 2.25. The number of hydrogen-bond acceptors (Lipinski definition) is 3. The molecule has 5 heteroatoms. The molecule has 2 rings (SSSR count). The van der Waals surface area contributed by atoms with Gasteiger partial charge in [-0.2, -0.15) is 0 Å². The Kier molecular flexibility index (Phi) is 4.16. The number of hydrogen-bond donors (Lipinski definition) is 0. The molecule has 19 heavy (non-hydrogen) atoms. The second-order valence-corrected chi connectivity index (χ2v) is 4.87. The van der Waals surface area contributed by atoms with Gasteiger partial charge in [0.05, 0.1) is 11.0 Å². The smallest absolute Gasteiger partial charge is 0.249 e. The first-order valence-corrected chi connectivity index (χ1v) is 6.60. The lowest BCUT2D eigenvalue weighted by Gasteiger charge is -1.96. The van der Waals surface area contributed by atoms with Crippen LogP contribution in [0.25, 0.3) is 17.4 Å². The Morgan fingerprint density at radius 1 is 1.32 bits per heavy atom. The van der Waals surface area contributed by atoms with Crippen LogP contribution in [-0.2, 0) is 0 Å². The number of allylic oxidation sites excluding steroid dienone is 1. The molecular formula is C14H12BrNO3. The summed E-state index contributed by atoms with van der Waals surface area (Å²) in [6.07, 6.45) is 1.82. The van der Waals surface area contributed by atoms with Crippen LogP contribution >= 0.6 is 15.9 Å². The van der Waals surface area contributed by atoms with Gasteiger partial charge < -0.3 is 4.42 Å². The molecule has 1 aromatic carbocycles. The van der Waals surface area contributed by atoms with Crippen molar-refractivity contribution in [3.63, 3.8) is 0 Å². The SMILES string of the molecule is CC/C(=C/c1ccc(-c2ccc(Br)cc2)o1)[N+](=O)[O-]. The summed E-state index contributed by atoms with van der Waals surface area (Å²) in [5.41, 5.74) is 1.07. The molecule has 0 saturated heterocycles. The number of nitro groups is 1. The molecule has 0 N–H and O–H groups in total. The summed E-state index contributed by atoms with van der Waals surface area (Å²) >= 11 is 3.37. The van der Waals surface area contributed by atoms with Crippen LogP contribution in [0.3, 0.4) is 0 Å². The van der Waals surface area contributed by atoms with Gasteiger partial charge in [0.2, 0.25) is 5.70 Å². The van der Waals surface area contributed by atoms with Crippen LogP contribution in [0.2, 0.25) is 0 Å². The van der Waals surface area contributed by atoms with Gasteiger partial charge in [0.1, 0.15) is 11.5 Å². The molecule has 0 unspecified atom stereocenters. The molecule has 0 aliphatic carbocycles. The van der Waals surface area contributed by atoms with Gasteiger partial charge in [0.15, 0.2) is 0 Å². The van der Waals surface area contributed by atoms with Crippen molar-refractivity contribution in [1.29, 1.82) is 0 Å². The van der Waals surface area contributed by atoms with E-state index in [4.69, 9.17) is 4.42 Å². The average molecular weight is 322 g/mol. The monoisotopic (exact) mass is 321 g/mol. The van der Waals surface area contributed by atoms with Gasteiger partial charge in [-0.25, -0.2) is 0 Å². The van der Waals surface area contributed by atoms with Crippen LogP contribution in [0.4, 0.5) is 0 Å². The number of nitrogens with zero attached hydrogens (tertiary/aromatic N) is 1. The van der Waals surface area contributed by atoms with E-state index in [1.54, 1.807) is 13.0 Å². The zero-order valence-electron chi connectivity index (χ0n) is 10.3. The minimum absolute atomic E-state index is 0.136. The van der Waals surface area contributed by atoms with E-state index in [0.29, 0.717) is 17.9 Å². The summed E-state index contributed by atoms with van der Waals surface area (Å²) in [6.45, 7) is 1.74. The highest BCUT2D eigenvalue weighted by atomic mass is 79.9. The molecule has 0 amide bonds. The van der Waals surface area contributed by atoms with E-state index in [1.165, 1.54) is 6.08 Å². The average Bonchev–Trinajstić information content (AvgIpc) is 2.85.